The van der Waals surface area contributed by atoms with E-state index in [2.05, 4.69) is 10.5 Å². The third-order valence-electron chi connectivity index (χ3n) is 1.29. The van der Waals surface area contributed by atoms with Gasteiger partial charge in [-0.3, -0.25) is 5.41 Å². The monoisotopic (exact) mass is 214 g/mol. The molecule has 14 heavy (non-hydrogen) atoms. The van der Waals surface area contributed by atoms with Crippen LogP contribution in [0.1, 0.15) is 0 Å². The number of guanidine groups is 1. The van der Waals surface area contributed by atoms with Gasteiger partial charge in [-0.1, -0.05) is 18.2 Å². The van der Waals surface area contributed by atoms with Crippen LogP contribution in [0.3, 0.4) is 0 Å². The van der Waals surface area contributed by atoms with Crippen molar-refractivity contribution in [1.82, 2.24) is 4.72 Å². The van der Waals surface area contributed by atoms with Crippen LogP contribution in [0.4, 0.5) is 5.69 Å². The second-order valence-corrected chi connectivity index (χ2v) is 3.81. The number of hydrogen-bond acceptors (Lipinski definition) is 3. The molecule has 0 atom stereocenters. The van der Waals surface area contributed by atoms with E-state index in [1.54, 1.807) is 29.0 Å². The third-order valence-corrected chi connectivity index (χ3v) is 1.78. The lowest BCUT2D eigenvalue weighted by atomic mass is 10.3. The predicted molar refractivity (Wildman–Crippen MR) is 54.0 cm³/mol. The predicted octanol–water partition coefficient (Wildman–Crippen LogP) is -0.174. The zero-order valence-corrected chi connectivity index (χ0v) is 8.01. The number of nitrogens with two attached hydrogens (primary N) is 1. The average molecular weight is 214 g/mol. The summed E-state index contributed by atoms with van der Waals surface area (Å²) >= 11 is 0. The Bertz CT molecular complexity index is 415. The molecule has 0 heterocycles. The van der Waals surface area contributed by atoms with Crippen molar-refractivity contribution in [3.8, 4) is 0 Å². The van der Waals surface area contributed by atoms with Crippen LogP contribution in [0, 0.1) is 5.41 Å². The fraction of sp³-hybridized carbons (Fsp3) is 0. The standard InChI is InChI=1S/C7H10N4O2S/c8-7(11-14(9,12)13)10-6-4-2-1-3-5-6/h1-5H,(H3,8,10,11)(H2,9,12,13). The maximum Gasteiger partial charge on any atom is 0.298 e. The van der Waals surface area contributed by atoms with Crippen molar-refractivity contribution in [3.05, 3.63) is 30.3 Å². The van der Waals surface area contributed by atoms with Gasteiger partial charge in [0.2, 0.25) is 5.96 Å². The molecule has 0 bridgehead atoms. The highest BCUT2D eigenvalue weighted by Crippen LogP contribution is 2.03. The average Bonchev–Trinajstić information content (AvgIpc) is 2.02. The second kappa shape index (κ2) is 4.07. The molecule has 1 rings (SSSR count). The fourth-order valence-electron chi connectivity index (χ4n) is 0.834. The molecule has 5 N–H and O–H groups in total. The first-order chi connectivity index (χ1) is 6.47. The smallest absolute Gasteiger partial charge is 0.298 e. The maximum atomic E-state index is 10.5. The largest absolute Gasteiger partial charge is 0.326 e. The van der Waals surface area contributed by atoms with Gasteiger partial charge in [-0.15, -0.1) is 0 Å². The van der Waals surface area contributed by atoms with E-state index in [0.29, 0.717) is 5.69 Å². The number of para-hydroxylation sites is 1. The van der Waals surface area contributed by atoms with Crippen molar-refractivity contribution in [2.45, 2.75) is 0 Å². The van der Waals surface area contributed by atoms with Crippen LogP contribution in [0.2, 0.25) is 0 Å². The van der Waals surface area contributed by atoms with Gasteiger partial charge in [-0.25, -0.2) is 9.86 Å². The number of rotatable bonds is 2. The molecule has 0 aliphatic heterocycles. The van der Waals surface area contributed by atoms with Gasteiger partial charge in [0, 0.05) is 5.69 Å². The van der Waals surface area contributed by atoms with Crippen LogP contribution in [0.25, 0.3) is 0 Å². The molecule has 0 aromatic heterocycles. The van der Waals surface area contributed by atoms with Crippen LogP contribution < -0.4 is 15.2 Å². The van der Waals surface area contributed by atoms with Crippen molar-refractivity contribution in [2.24, 2.45) is 5.14 Å². The minimum atomic E-state index is -3.88. The molecule has 0 spiro atoms. The lowest BCUT2D eigenvalue weighted by Gasteiger charge is -2.07. The number of anilines is 1. The molecule has 76 valence electrons. The molecule has 0 radical (unpaired) electrons. The summed E-state index contributed by atoms with van der Waals surface area (Å²) in [4.78, 5) is 0. The highest BCUT2D eigenvalue weighted by molar-refractivity contribution is 7.87. The topological polar surface area (TPSA) is 108 Å². The molecule has 0 aliphatic carbocycles. The summed E-state index contributed by atoms with van der Waals surface area (Å²) < 4.78 is 22.8. The van der Waals surface area contributed by atoms with E-state index < -0.39 is 16.2 Å². The number of nitrogens with one attached hydrogen (secondary N) is 3. The van der Waals surface area contributed by atoms with Crippen LogP contribution in [0.5, 0.6) is 0 Å². The Morgan fingerprint density at radius 2 is 1.86 bits per heavy atom. The van der Waals surface area contributed by atoms with E-state index >= 15 is 0 Å². The van der Waals surface area contributed by atoms with Crippen molar-refractivity contribution in [2.75, 3.05) is 5.32 Å². The summed E-state index contributed by atoms with van der Waals surface area (Å²) in [6.45, 7) is 0. The zero-order valence-electron chi connectivity index (χ0n) is 7.19. The SMILES string of the molecule is N=C(Nc1ccccc1)NS(N)(=O)=O. The summed E-state index contributed by atoms with van der Waals surface area (Å²) in [5.74, 6) is -0.390. The molecule has 7 heteroatoms. The van der Waals surface area contributed by atoms with E-state index in [-0.39, 0.29) is 0 Å². The van der Waals surface area contributed by atoms with Gasteiger partial charge in [0.25, 0.3) is 10.2 Å². The lowest BCUT2D eigenvalue weighted by Crippen LogP contribution is -2.39. The Hall–Kier alpha value is -1.60. The third kappa shape index (κ3) is 3.87. The van der Waals surface area contributed by atoms with Gasteiger partial charge < -0.3 is 5.32 Å². The second-order valence-electron chi connectivity index (χ2n) is 2.51. The number of benzene rings is 1. The number of hydrogen-bond donors (Lipinski definition) is 4. The van der Waals surface area contributed by atoms with Crippen LogP contribution in [0.15, 0.2) is 30.3 Å². The van der Waals surface area contributed by atoms with Crippen LogP contribution >= 0.6 is 0 Å². The summed E-state index contributed by atoms with van der Waals surface area (Å²) in [5.41, 5.74) is 0.605. The summed E-state index contributed by atoms with van der Waals surface area (Å²) in [6.07, 6.45) is 0. The molecular weight excluding hydrogens is 204 g/mol. The molecule has 0 amide bonds. The molecule has 0 saturated carbocycles. The normalized spacial score (nSPS) is 10.6. The van der Waals surface area contributed by atoms with E-state index in [9.17, 15) is 8.42 Å². The molecule has 6 nitrogen and oxygen atoms in total. The van der Waals surface area contributed by atoms with E-state index in [0.717, 1.165) is 0 Å². The van der Waals surface area contributed by atoms with Crippen molar-refractivity contribution >= 4 is 21.9 Å². The summed E-state index contributed by atoms with van der Waals surface area (Å²) in [7, 11) is -3.88. The van der Waals surface area contributed by atoms with Gasteiger partial charge in [0.1, 0.15) is 0 Å². The first kappa shape index (κ1) is 10.5. The summed E-state index contributed by atoms with van der Waals surface area (Å²) in [6, 6.07) is 8.71. The zero-order chi connectivity index (χ0) is 10.6. The van der Waals surface area contributed by atoms with Gasteiger partial charge >= 0.3 is 0 Å². The molecule has 0 fully saturated rings. The van der Waals surface area contributed by atoms with Crippen molar-refractivity contribution in [3.63, 3.8) is 0 Å². The Labute approximate surface area is 81.8 Å². The van der Waals surface area contributed by atoms with Crippen LogP contribution in [-0.2, 0) is 10.2 Å². The molecule has 1 aromatic rings. The highest BCUT2D eigenvalue weighted by atomic mass is 32.2. The van der Waals surface area contributed by atoms with Gasteiger partial charge in [0.05, 0.1) is 0 Å². The fourth-order valence-corrected chi connectivity index (χ4v) is 1.17. The molecule has 0 aliphatic rings. The van der Waals surface area contributed by atoms with E-state index in [1.807, 2.05) is 6.07 Å². The Balaban J connectivity index is 2.59. The minimum absolute atomic E-state index is 0.390. The summed E-state index contributed by atoms with van der Waals surface area (Å²) in [5, 5.41) is 14.4. The van der Waals surface area contributed by atoms with Crippen molar-refractivity contribution in [1.29, 1.82) is 5.41 Å². The van der Waals surface area contributed by atoms with E-state index in [1.165, 1.54) is 0 Å². The Morgan fingerprint density at radius 3 is 2.36 bits per heavy atom. The molecule has 0 saturated heterocycles. The molecular formula is C7H10N4O2S. The quantitative estimate of drug-likeness (QED) is 0.405. The molecule has 1 aromatic carbocycles. The first-order valence-electron chi connectivity index (χ1n) is 3.68. The molecule has 0 unspecified atom stereocenters. The minimum Gasteiger partial charge on any atom is -0.326 e. The van der Waals surface area contributed by atoms with Crippen LogP contribution in [-0.4, -0.2) is 14.4 Å². The first-order valence-corrected chi connectivity index (χ1v) is 5.23. The lowest BCUT2D eigenvalue weighted by molar-refractivity contribution is 0.594. The Morgan fingerprint density at radius 1 is 1.29 bits per heavy atom. The Kier molecular flexibility index (Phi) is 3.05. The van der Waals surface area contributed by atoms with E-state index in [4.69, 9.17) is 5.41 Å². The van der Waals surface area contributed by atoms with Gasteiger partial charge in [0.15, 0.2) is 0 Å². The maximum absolute atomic E-state index is 10.5. The highest BCUT2D eigenvalue weighted by Gasteiger charge is 2.04. The van der Waals surface area contributed by atoms with Gasteiger partial charge in [-0.2, -0.15) is 8.42 Å². The van der Waals surface area contributed by atoms with Gasteiger partial charge in [-0.05, 0) is 12.1 Å². The van der Waals surface area contributed by atoms with Crippen molar-refractivity contribution < 1.29 is 8.42 Å².